The van der Waals surface area contributed by atoms with Crippen LogP contribution in [0.2, 0.25) is 0 Å². The molecule has 0 rings (SSSR count). The third kappa shape index (κ3) is 3.50. The predicted octanol–water partition coefficient (Wildman–Crippen LogP) is 2.83. The van der Waals surface area contributed by atoms with Crippen LogP contribution in [0.5, 0.6) is 0 Å². The van der Waals surface area contributed by atoms with Gasteiger partial charge in [-0.1, -0.05) is 20.8 Å². The van der Waals surface area contributed by atoms with E-state index in [2.05, 4.69) is 26.8 Å². The summed E-state index contributed by atoms with van der Waals surface area (Å²) in [6.45, 7) is 8.60. The second-order valence-corrected chi connectivity index (χ2v) is 3.49. The molecule has 0 saturated carbocycles. The molecule has 0 aliphatic heterocycles. The largest absolute Gasteiger partial charge is 0.198 e. The fourth-order valence-electron chi connectivity index (χ4n) is 0.883. The van der Waals surface area contributed by atoms with Crippen molar-refractivity contribution in [1.29, 1.82) is 5.26 Å². The summed E-state index contributed by atoms with van der Waals surface area (Å²) >= 11 is 0. The fraction of sp³-hybridized carbons (Fsp3) is 0.889. The molecule has 1 nitrogen and oxygen atoms in total. The van der Waals surface area contributed by atoms with Crippen molar-refractivity contribution in [2.24, 2.45) is 17.8 Å². The second-order valence-electron chi connectivity index (χ2n) is 3.49. The zero-order chi connectivity index (χ0) is 8.15. The Morgan fingerprint density at radius 3 is 2.00 bits per heavy atom. The molecule has 0 radical (unpaired) electrons. The van der Waals surface area contributed by atoms with Gasteiger partial charge in [-0.25, -0.2) is 0 Å². The second kappa shape index (κ2) is 4.33. The third-order valence-corrected chi connectivity index (χ3v) is 2.08. The highest BCUT2D eigenvalue weighted by Gasteiger charge is 2.10. The minimum atomic E-state index is 0.220. The van der Waals surface area contributed by atoms with Crippen LogP contribution in [-0.2, 0) is 0 Å². The van der Waals surface area contributed by atoms with Crippen molar-refractivity contribution in [3.8, 4) is 6.07 Å². The molecule has 0 aliphatic carbocycles. The Morgan fingerprint density at radius 2 is 1.70 bits per heavy atom. The summed E-state index contributed by atoms with van der Waals surface area (Å²) in [7, 11) is 0. The van der Waals surface area contributed by atoms with E-state index in [0.29, 0.717) is 11.8 Å². The summed E-state index contributed by atoms with van der Waals surface area (Å²) in [6.07, 6.45) is 1.04. The van der Waals surface area contributed by atoms with E-state index >= 15 is 0 Å². The van der Waals surface area contributed by atoms with Crippen molar-refractivity contribution in [2.45, 2.75) is 34.1 Å². The molecule has 0 aromatic heterocycles. The molecule has 10 heavy (non-hydrogen) atoms. The van der Waals surface area contributed by atoms with Gasteiger partial charge in [-0.3, -0.25) is 0 Å². The molecule has 0 aliphatic rings. The van der Waals surface area contributed by atoms with Gasteiger partial charge in [0.2, 0.25) is 0 Å². The van der Waals surface area contributed by atoms with Crippen molar-refractivity contribution in [2.75, 3.05) is 0 Å². The van der Waals surface area contributed by atoms with Crippen LogP contribution < -0.4 is 0 Å². The van der Waals surface area contributed by atoms with E-state index < -0.39 is 0 Å². The van der Waals surface area contributed by atoms with E-state index in [1.54, 1.807) is 0 Å². The van der Waals surface area contributed by atoms with Crippen LogP contribution in [0.15, 0.2) is 0 Å². The summed E-state index contributed by atoms with van der Waals surface area (Å²) in [5.74, 6) is 1.60. The molecule has 0 bridgehead atoms. The lowest BCUT2D eigenvalue weighted by Crippen LogP contribution is -2.07. The summed E-state index contributed by atoms with van der Waals surface area (Å²) < 4.78 is 0. The minimum absolute atomic E-state index is 0.220. The average Bonchev–Trinajstić information content (AvgIpc) is 1.87. The molecule has 2 unspecified atom stereocenters. The minimum Gasteiger partial charge on any atom is -0.198 e. The normalized spacial score (nSPS) is 16.4. The van der Waals surface area contributed by atoms with Crippen LogP contribution in [0, 0.1) is 29.1 Å². The molecule has 0 aromatic carbocycles. The van der Waals surface area contributed by atoms with E-state index in [1.807, 2.05) is 6.92 Å². The van der Waals surface area contributed by atoms with E-state index in [4.69, 9.17) is 5.26 Å². The molecule has 0 amide bonds. The van der Waals surface area contributed by atoms with Gasteiger partial charge >= 0.3 is 0 Å². The van der Waals surface area contributed by atoms with E-state index in [-0.39, 0.29) is 5.92 Å². The van der Waals surface area contributed by atoms with Gasteiger partial charge < -0.3 is 0 Å². The SMILES string of the molecule is CC(C#N)CC(C)C(C)C. The van der Waals surface area contributed by atoms with Gasteiger partial charge in [-0.2, -0.15) is 5.26 Å². The molecule has 1 heteroatoms. The number of nitrogens with zero attached hydrogens (tertiary/aromatic N) is 1. The van der Waals surface area contributed by atoms with Gasteiger partial charge in [-0.15, -0.1) is 0 Å². The molecule has 0 heterocycles. The Hall–Kier alpha value is -0.510. The Balaban J connectivity index is 3.59. The zero-order valence-electron chi connectivity index (χ0n) is 7.39. The van der Waals surface area contributed by atoms with Gasteiger partial charge in [0, 0.05) is 5.92 Å². The van der Waals surface area contributed by atoms with Gasteiger partial charge in [0.1, 0.15) is 0 Å². The lowest BCUT2D eigenvalue weighted by atomic mass is 9.89. The highest BCUT2D eigenvalue weighted by molar-refractivity contribution is 4.80. The van der Waals surface area contributed by atoms with Gasteiger partial charge in [-0.05, 0) is 25.2 Å². The maximum absolute atomic E-state index is 8.52. The first kappa shape index (κ1) is 9.49. The molecule has 0 saturated heterocycles. The van der Waals surface area contributed by atoms with Crippen molar-refractivity contribution in [3.63, 3.8) is 0 Å². The Bertz CT molecular complexity index is 121. The lowest BCUT2D eigenvalue weighted by molar-refractivity contribution is 0.362. The van der Waals surface area contributed by atoms with E-state index in [0.717, 1.165) is 6.42 Å². The number of hydrogen-bond donors (Lipinski definition) is 0. The van der Waals surface area contributed by atoms with Crippen molar-refractivity contribution >= 4 is 0 Å². The zero-order valence-corrected chi connectivity index (χ0v) is 7.39. The molecule has 0 spiro atoms. The van der Waals surface area contributed by atoms with Crippen LogP contribution in [0.3, 0.4) is 0 Å². The van der Waals surface area contributed by atoms with Crippen molar-refractivity contribution < 1.29 is 0 Å². The van der Waals surface area contributed by atoms with Crippen LogP contribution >= 0.6 is 0 Å². The Morgan fingerprint density at radius 1 is 1.20 bits per heavy atom. The van der Waals surface area contributed by atoms with Crippen LogP contribution in [0.25, 0.3) is 0 Å². The summed E-state index contributed by atoms with van der Waals surface area (Å²) in [5, 5.41) is 8.52. The predicted molar refractivity (Wildman–Crippen MR) is 43.4 cm³/mol. The van der Waals surface area contributed by atoms with Crippen LogP contribution in [0.4, 0.5) is 0 Å². The maximum Gasteiger partial charge on any atom is 0.0652 e. The highest BCUT2D eigenvalue weighted by atomic mass is 14.3. The topological polar surface area (TPSA) is 23.8 Å². The highest BCUT2D eigenvalue weighted by Crippen LogP contribution is 2.18. The molecule has 0 aromatic rings. The molecule has 2 atom stereocenters. The fourth-order valence-corrected chi connectivity index (χ4v) is 0.883. The molecular formula is C9H17N. The van der Waals surface area contributed by atoms with Crippen LogP contribution in [0.1, 0.15) is 34.1 Å². The molecule has 0 N–H and O–H groups in total. The monoisotopic (exact) mass is 139 g/mol. The molecule has 58 valence electrons. The third-order valence-electron chi connectivity index (χ3n) is 2.08. The number of rotatable bonds is 3. The Labute approximate surface area is 64.1 Å². The molecular weight excluding hydrogens is 122 g/mol. The number of hydrogen-bond acceptors (Lipinski definition) is 1. The van der Waals surface area contributed by atoms with Gasteiger partial charge in [0.25, 0.3) is 0 Å². The van der Waals surface area contributed by atoms with Gasteiger partial charge in [0.05, 0.1) is 6.07 Å². The van der Waals surface area contributed by atoms with Crippen LogP contribution in [-0.4, -0.2) is 0 Å². The van der Waals surface area contributed by atoms with Gasteiger partial charge in [0.15, 0.2) is 0 Å². The summed E-state index contributed by atoms with van der Waals surface area (Å²) in [4.78, 5) is 0. The smallest absolute Gasteiger partial charge is 0.0652 e. The van der Waals surface area contributed by atoms with E-state index in [1.165, 1.54) is 0 Å². The standard InChI is InChI=1S/C9H17N/c1-7(2)9(4)5-8(3)6-10/h7-9H,5H2,1-4H3. The Kier molecular flexibility index (Phi) is 4.11. The lowest BCUT2D eigenvalue weighted by Gasteiger charge is -2.15. The average molecular weight is 139 g/mol. The quantitative estimate of drug-likeness (QED) is 0.589. The first-order valence-corrected chi connectivity index (χ1v) is 3.97. The first-order valence-electron chi connectivity index (χ1n) is 3.97. The van der Waals surface area contributed by atoms with Crippen molar-refractivity contribution in [3.05, 3.63) is 0 Å². The molecule has 0 fully saturated rings. The number of nitriles is 1. The maximum atomic E-state index is 8.52. The summed E-state index contributed by atoms with van der Waals surface area (Å²) in [5.41, 5.74) is 0. The first-order chi connectivity index (χ1) is 4.57. The summed E-state index contributed by atoms with van der Waals surface area (Å²) in [6, 6.07) is 2.25. The van der Waals surface area contributed by atoms with Crippen molar-refractivity contribution in [1.82, 2.24) is 0 Å². The van der Waals surface area contributed by atoms with E-state index in [9.17, 15) is 0 Å².